The number of hydrogen-bond acceptors (Lipinski definition) is 4. The van der Waals surface area contributed by atoms with E-state index < -0.39 is 0 Å². The second kappa shape index (κ2) is 10.4. The van der Waals surface area contributed by atoms with Crippen molar-refractivity contribution in [2.75, 3.05) is 14.2 Å². The minimum Gasteiger partial charge on any atom is -0.497 e. The number of halogens is 2. The molecule has 1 N–H and O–H groups in total. The van der Waals surface area contributed by atoms with Gasteiger partial charge in [-0.2, -0.15) is 0 Å². The van der Waals surface area contributed by atoms with Crippen LogP contribution in [0.4, 0.5) is 0 Å². The van der Waals surface area contributed by atoms with Gasteiger partial charge in [-0.1, -0.05) is 47.5 Å². The lowest BCUT2D eigenvalue weighted by atomic mass is 10.1. The first-order chi connectivity index (χ1) is 14.1. The molecule has 152 valence electrons. The lowest BCUT2D eigenvalue weighted by molar-refractivity contribution is 0.284. The zero-order chi connectivity index (χ0) is 20.6. The van der Waals surface area contributed by atoms with E-state index in [4.69, 9.17) is 37.4 Å². The summed E-state index contributed by atoms with van der Waals surface area (Å²) in [5, 5.41) is 4.47. The van der Waals surface area contributed by atoms with Crippen LogP contribution in [0.25, 0.3) is 0 Å². The van der Waals surface area contributed by atoms with E-state index in [2.05, 4.69) is 5.32 Å². The van der Waals surface area contributed by atoms with Gasteiger partial charge in [0, 0.05) is 13.1 Å². The Morgan fingerprint density at radius 3 is 2.07 bits per heavy atom. The summed E-state index contributed by atoms with van der Waals surface area (Å²) in [4.78, 5) is 0. The van der Waals surface area contributed by atoms with Gasteiger partial charge < -0.3 is 19.5 Å². The molecule has 3 rings (SSSR count). The van der Waals surface area contributed by atoms with Gasteiger partial charge in [0.25, 0.3) is 0 Å². The molecule has 29 heavy (non-hydrogen) atoms. The normalized spacial score (nSPS) is 10.6. The third-order valence-corrected chi connectivity index (χ3v) is 5.16. The summed E-state index contributed by atoms with van der Waals surface area (Å²) in [6, 6.07) is 19.4. The molecule has 0 amide bonds. The largest absolute Gasteiger partial charge is 0.497 e. The van der Waals surface area contributed by atoms with Crippen LogP contribution in [0.2, 0.25) is 10.0 Å². The Kier molecular flexibility index (Phi) is 7.64. The number of rotatable bonds is 9. The SMILES string of the molecule is COc1ccc(CNCc2ccc(OCc3ccc(Cl)c(Cl)c3)c(OC)c2)cc1. The van der Waals surface area contributed by atoms with E-state index in [-0.39, 0.29) is 0 Å². The van der Waals surface area contributed by atoms with Crippen LogP contribution in [0.3, 0.4) is 0 Å². The van der Waals surface area contributed by atoms with Crippen molar-refractivity contribution < 1.29 is 14.2 Å². The third kappa shape index (κ3) is 6.04. The van der Waals surface area contributed by atoms with E-state index in [0.29, 0.717) is 28.2 Å². The topological polar surface area (TPSA) is 39.7 Å². The molecule has 0 aliphatic carbocycles. The molecule has 0 saturated heterocycles. The lowest BCUT2D eigenvalue weighted by Crippen LogP contribution is -2.12. The molecule has 0 aliphatic rings. The highest BCUT2D eigenvalue weighted by atomic mass is 35.5. The summed E-state index contributed by atoms with van der Waals surface area (Å²) in [6.07, 6.45) is 0. The highest BCUT2D eigenvalue weighted by molar-refractivity contribution is 6.42. The molecule has 0 radical (unpaired) electrons. The fourth-order valence-corrected chi connectivity index (χ4v) is 3.15. The minimum atomic E-state index is 0.377. The molecule has 0 aromatic heterocycles. The summed E-state index contributed by atoms with van der Waals surface area (Å²) in [5.74, 6) is 2.22. The quantitative estimate of drug-likeness (QED) is 0.459. The number of ether oxygens (including phenoxy) is 3. The predicted molar refractivity (Wildman–Crippen MR) is 117 cm³/mol. The maximum Gasteiger partial charge on any atom is 0.161 e. The second-order valence-electron chi connectivity index (χ2n) is 6.47. The fourth-order valence-electron chi connectivity index (χ4n) is 2.83. The van der Waals surface area contributed by atoms with Crippen molar-refractivity contribution in [2.45, 2.75) is 19.7 Å². The Hall–Kier alpha value is -2.40. The van der Waals surface area contributed by atoms with Crippen LogP contribution in [0.1, 0.15) is 16.7 Å². The summed E-state index contributed by atoms with van der Waals surface area (Å²) < 4.78 is 16.6. The summed E-state index contributed by atoms with van der Waals surface area (Å²) in [6.45, 7) is 1.86. The first-order valence-electron chi connectivity index (χ1n) is 9.16. The molecule has 0 bridgehead atoms. The predicted octanol–water partition coefficient (Wildman–Crippen LogP) is 5.88. The highest BCUT2D eigenvalue weighted by Gasteiger charge is 2.07. The Morgan fingerprint density at radius 1 is 0.690 bits per heavy atom. The van der Waals surface area contributed by atoms with Gasteiger partial charge in [0.15, 0.2) is 11.5 Å². The van der Waals surface area contributed by atoms with Crippen molar-refractivity contribution in [3.05, 3.63) is 87.4 Å². The minimum absolute atomic E-state index is 0.377. The van der Waals surface area contributed by atoms with E-state index >= 15 is 0 Å². The zero-order valence-corrected chi connectivity index (χ0v) is 17.9. The molecule has 0 unspecified atom stereocenters. The van der Waals surface area contributed by atoms with Gasteiger partial charge in [0.1, 0.15) is 12.4 Å². The maximum absolute atomic E-state index is 6.06. The highest BCUT2D eigenvalue weighted by Crippen LogP contribution is 2.30. The van der Waals surface area contributed by atoms with Crippen LogP contribution in [-0.2, 0) is 19.7 Å². The van der Waals surface area contributed by atoms with Crippen LogP contribution in [0.5, 0.6) is 17.2 Å². The molecule has 0 fully saturated rings. The molecule has 0 spiro atoms. The Bertz CT molecular complexity index is 945. The lowest BCUT2D eigenvalue weighted by Gasteiger charge is -2.13. The van der Waals surface area contributed by atoms with Crippen molar-refractivity contribution in [1.29, 1.82) is 0 Å². The van der Waals surface area contributed by atoms with Gasteiger partial charge in [-0.15, -0.1) is 0 Å². The second-order valence-corrected chi connectivity index (χ2v) is 7.29. The smallest absolute Gasteiger partial charge is 0.161 e. The average Bonchev–Trinajstić information content (AvgIpc) is 2.75. The molecular formula is C23H23Cl2NO3. The molecule has 3 aromatic rings. The van der Waals surface area contributed by atoms with Gasteiger partial charge in [-0.05, 0) is 53.1 Å². The van der Waals surface area contributed by atoms with Crippen molar-refractivity contribution in [3.63, 3.8) is 0 Å². The van der Waals surface area contributed by atoms with E-state index in [1.165, 1.54) is 5.56 Å². The van der Waals surface area contributed by atoms with Crippen LogP contribution < -0.4 is 19.5 Å². The molecule has 0 aliphatic heterocycles. The van der Waals surface area contributed by atoms with E-state index in [0.717, 1.165) is 30.0 Å². The molecule has 0 atom stereocenters. The van der Waals surface area contributed by atoms with Crippen molar-refractivity contribution >= 4 is 23.2 Å². The van der Waals surface area contributed by atoms with Gasteiger partial charge in [-0.3, -0.25) is 0 Å². The van der Waals surface area contributed by atoms with Crippen molar-refractivity contribution in [2.24, 2.45) is 0 Å². The Labute approximate surface area is 181 Å². The number of hydrogen-bond donors (Lipinski definition) is 1. The molecule has 6 heteroatoms. The van der Waals surface area contributed by atoms with Crippen LogP contribution in [0.15, 0.2) is 60.7 Å². The van der Waals surface area contributed by atoms with Gasteiger partial charge in [0.2, 0.25) is 0 Å². The Balaban J connectivity index is 1.56. The number of nitrogens with one attached hydrogen (secondary N) is 1. The van der Waals surface area contributed by atoms with E-state index in [1.54, 1.807) is 26.4 Å². The van der Waals surface area contributed by atoms with Crippen molar-refractivity contribution in [1.82, 2.24) is 5.32 Å². The number of methoxy groups -OCH3 is 2. The van der Waals surface area contributed by atoms with Gasteiger partial charge >= 0.3 is 0 Å². The van der Waals surface area contributed by atoms with Crippen LogP contribution in [-0.4, -0.2) is 14.2 Å². The zero-order valence-electron chi connectivity index (χ0n) is 16.4. The first kappa shape index (κ1) is 21.3. The Morgan fingerprint density at radius 2 is 1.38 bits per heavy atom. The van der Waals surface area contributed by atoms with Crippen LogP contribution >= 0.6 is 23.2 Å². The van der Waals surface area contributed by atoms with Gasteiger partial charge in [0.05, 0.1) is 24.3 Å². The van der Waals surface area contributed by atoms with Crippen molar-refractivity contribution in [3.8, 4) is 17.2 Å². The van der Waals surface area contributed by atoms with E-state index in [1.807, 2.05) is 48.5 Å². The maximum atomic E-state index is 6.06. The third-order valence-electron chi connectivity index (χ3n) is 4.42. The molecular weight excluding hydrogens is 409 g/mol. The number of benzene rings is 3. The first-order valence-corrected chi connectivity index (χ1v) is 9.92. The summed E-state index contributed by atoms with van der Waals surface area (Å²) >= 11 is 12.0. The average molecular weight is 432 g/mol. The fraction of sp³-hybridized carbons (Fsp3) is 0.217. The van der Waals surface area contributed by atoms with E-state index in [9.17, 15) is 0 Å². The molecule has 3 aromatic carbocycles. The summed E-state index contributed by atoms with van der Waals surface area (Å²) in [5.41, 5.74) is 3.24. The van der Waals surface area contributed by atoms with Crippen LogP contribution in [0, 0.1) is 0 Å². The van der Waals surface area contributed by atoms with Gasteiger partial charge in [-0.25, -0.2) is 0 Å². The monoisotopic (exact) mass is 431 g/mol. The molecule has 0 saturated carbocycles. The standard InChI is InChI=1S/C23H23Cl2NO3/c1-27-19-7-3-16(4-8-19)13-26-14-17-6-10-22(23(12-17)28-2)29-15-18-5-9-20(24)21(25)11-18/h3-12,26H,13-15H2,1-2H3. The molecule has 4 nitrogen and oxygen atoms in total. The molecule has 0 heterocycles. The summed E-state index contributed by atoms with van der Waals surface area (Å²) in [7, 11) is 3.30.